The third-order valence-electron chi connectivity index (χ3n) is 4.58. The molecule has 0 aliphatic heterocycles. The molecule has 0 bridgehead atoms. The number of aromatic amines is 1. The van der Waals surface area contributed by atoms with Crippen molar-refractivity contribution >= 4 is 30.8 Å². The highest BCUT2D eigenvalue weighted by atomic mass is 31.2. The minimum absolute atomic E-state index is 0.0156. The highest BCUT2D eigenvalue weighted by Gasteiger charge is 2.36. The Kier molecular flexibility index (Phi) is 9.27. The summed E-state index contributed by atoms with van der Waals surface area (Å²) in [6, 6.07) is 1.25. The van der Waals surface area contributed by atoms with Crippen molar-refractivity contribution in [3.05, 3.63) is 17.8 Å². The van der Waals surface area contributed by atoms with Crippen molar-refractivity contribution < 1.29 is 28.0 Å². The van der Waals surface area contributed by atoms with Gasteiger partial charge < -0.3 is 24.6 Å². The number of aromatic nitrogens is 2. The van der Waals surface area contributed by atoms with Gasteiger partial charge in [-0.3, -0.25) is 14.2 Å². The zero-order valence-corrected chi connectivity index (χ0v) is 20.8. The van der Waals surface area contributed by atoms with Gasteiger partial charge in [0.1, 0.15) is 17.8 Å². The monoisotopic (exact) mass is 483 g/mol. The zero-order chi connectivity index (χ0) is 24.8. The van der Waals surface area contributed by atoms with Gasteiger partial charge in [0.05, 0.1) is 13.2 Å². The molecule has 0 amide bonds. The van der Waals surface area contributed by atoms with Crippen LogP contribution in [0.1, 0.15) is 47.2 Å². The summed E-state index contributed by atoms with van der Waals surface area (Å²) in [4.78, 5) is 31.7. The number of H-pyrrole nitrogens is 1. The first-order valence-electron chi connectivity index (χ1n) is 10.9. The van der Waals surface area contributed by atoms with Gasteiger partial charge in [-0.25, -0.2) is 15.2 Å². The van der Waals surface area contributed by atoms with E-state index in [9.17, 15) is 14.2 Å². The van der Waals surface area contributed by atoms with Crippen molar-refractivity contribution in [2.24, 2.45) is 5.92 Å². The van der Waals surface area contributed by atoms with Crippen LogP contribution in [0.5, 0.6) is 0 Å². The minimum atomic E-state index is -3.81. The van der Waals surface area contributed by atoms with Crippen LogP contribution in [-0.2, 0) is 30.0 Å². The summed E-state index contributed by atoms with van der Waals surface area (Å²) in [5, 5.41) is 5.51. The van der Waals surface area contributed by atoms with E-state index in [4.69, 9.17) is 19.6 Å². The van der Waals surface area contributed by atoms with E-state index in [2.05, 4.69) is 34.0 Å². The smallest absolute Gasteiger partial charge is 0.323 e. The molecule has 184 valence electrons. The van der Waals surface area contributed by atoms with E-state index in [0.29, 0.717) is 23.8 Å². The number of carbonyl (C=O) groups excluding carboxylic acids is 2. The third-order valence-corrected chi connectivity index (χ3v) is 6.94. The quantitative estimate of drug-likeness (QED) is 0.260. The second-order valence-corrected chi connectivity index (χ2v) is 10.2. The van der Waals surface area contributed by atoms with Gasteiger partial charge in [-0.2, -0.15) is 0 Å². The van der Waals surface area contributed by atoms with E-state index in [1.807, 2.05) is 0 Å². The number of anilines is 1. The molecule has 0 aliphatic carbocycles. The number of furan rings is 1. The van der Waals surface area contributed by atoms with Crippen LogP contribution in [0.4, 0.5) is 5.95 Å². The summed E-state index contributed by atoms with van der Waals surface area (Å²) in [7, 11) is -3.81. The molecule has 0 saturated carbocycles. The molecule has 0 aliphatic rings. The maximum Gasteiger partial charge on any atom is 0.323 e. The molecule has 2 rings (SSSR count). The number of imidazole rings is 1. The van der Waals surface area contributed by atoms with E-state index in [1.54, 1.807) is 19.9 Å². The maximum absolute atomic E-state index is 14.0. The summed E-state index contributed by atoms with van der Waals surface area (Å²) >= 11 is 0. The Morgan fingerprint density at radius 2 is 1.64 bits per heavy atom. The fourth-order valence-corrected chi connectivity index (χ4v) is 5.31. The van der Waals surface area contributed by atoms with Gasteiger partial charge in [0.15, 0.2) is 17.2 Å². The first-order chi connectivity index (χ1) is 15.5. The van der Waals surface area contributed by atoms with Crippen LogP contribution in [-0.4, -0.2) is 47.2 Å². The van der Waals surface area contributed by atoms with Crippen LogP contribution in [0.15, 0.2) is 16.5 Å². The lowest BCUT2D eigenvalue weighted by Gasteiger charge is -2.24. The predicted molar refractivity (Wildman–Crippen MR) is 125 cm³/mol. The topological polar surface area (TPSA) is 162 Å². The lowest BCUT2D eigenvalue weighted by Crippen LogP contribution is -2.44. The number of hydrogen-bond donors (Lipinski definition) is 4. The Morgan fingerprint density at radius 1 is 1.09 bits per heavy atom. The van der Waals surface area contributed by atoms with Crippen LogP contribution in [0, 0.1) is 5.92 Å². The number of rotatable bonds is 12. The lowest BCUT2D eigenvalue weighted by atomic mass is 10.1. The van der Waals surface area contributed by atoms with Gasteiger partial charge >= 0.3 is 11.9 Å². The van der Waals surface area contributed by atoms with Crippen molar-refractivity contribution in [2.75, 3.05) is 18.9 Å². The van der Waals surface area contributed by atoms with Crippen LogP contribution in [0.3, 0.4) is 0 Å². The van der Waals surface area contributed by atoms with Gasteiger partial charge in [0.2, 0.25) is 0 Å². The Labute approximate surface area is 193 Å². The fourth-order valence-electron chi connectivity index (χ4n) is 3.16. The second kappa shape index (κ2) is 11.5. The molecule has 2 aromatic heterocycles. The molecular formula is C21H34N5O6P. The molecule has 12 heteroatoms. The molecule has 5 N–H and O–H groups in total. The number of nitrogens with two attached hydrogens (primary N) is 1. The number of nitrogen functional groups attached to an aromatic ring is 1. The van der Waals surface area contributed by atoms with Crippen LogP contribution in [0.2, 0.25) is 0 Å². The van der Waals surface area contributed by atoms with Crippen molar-refractivity contribution in [1.82, 2.24) is 20.1 Å². The first-order valence-corrected chi connectivity index (χ1v) is 12.6. The Bertz CT molecular complexity index is 971. The van der Waals surface area contributed by atoms with E-state index >= 15 is 0 Å². The molecule has 2 heterocycles. The molecule has 0 spiro atoms. The van der Waals surface area contributed by atoms with Gasteiger partial charge in [-0.05, 0) is 52.2 Å². The molecule has 2 aromatic rings. The average Bonchev–Trinajstić information content (AvgIpc) is 3.34. The summed E-state index contributed by atoms with van der Waals surface area (Å²) in [6.45, 7) is 10.8. The molecular weight excluding hydrogens is 449 g/mol. The first kappa shape index (κ1) is 26.6. The number of ether oxygens (including phenoxy) is 2. The minimum Gasteiger partial charge on any atom is -0.465 e. The van der Waals surface area contributed by atoms with Crippen molar-refractivity contribution in [2.45, 2.75) is 60.0 Å². The largest absolute Gasteiger partial charge is 0.465 e. The summed E-state index contributed by atoms with van der Waals surface area (Å²) in [5.74, 6) is -0.248. The molecule has 0 aromatic carbocycles. The van der Waals surface area contributed by atoms with E-state index in [0.717, 1.165) is 5.69 Å². The van der Waals surface area contributed by atoms with E-state index < -0.39 is 31.5 Å². The Morgan fingerprint density at radius 3 is 2.12 bits per heavy atom. The maximum atomic E-state index is 14.0. The third kappa shape index (κ3) is 6.93. The van der Waals surface area contributed by atoms with Gasteiger partial charge in [0.25, 0.3) is 7.44 Å². The molecule has 33 heavy (non-hydrogen) atoms. The van der Waals surface area contributed by atoms with Crippen LogP contribution < -0.4 is 21.4 Å². The highest BCUT2D eigenvalue weighted by molar-refractivity contribution is 7.67. The molecule has 0 fully saturated rings. The van der Waals surface area contributed by atoms with Gasteiger partial charge in [-0.1, -0.05) is 13.8 Å². The number of carbonyl (C=O) groups is 2. The second-order valence-electron chi connectivity index (χ2n) is 8.00. The summed E-state index contributed by atoms with van der Waals surface area (Å²) in [5.41, 5.74) is 7.17. The standard InChI is InChI=1S/C21H34N5O6P/c1-7-30-19(27)13(5)25-33(29,26-14(6)20(28)31-8-2)17-10-9-16(32-17)18-15(11-12(3)4)23-21(22)24-18/h9-10,12-14H,7-8,11H2,1-6H3,(H3,22,23,24)(H2,25,26,29)/t13-,14-/m0/s1. The summed E-state index contributed by atoms with van der Waals surface area (Å²) in [6.07, 6.45) is 0.684. The number of nitrogens with one attached hydrogen (secondary N) is 3. The molecule has 11 nitrogen and oxygen atoms in total. The molecule has 0 saturated heterocycles. The Balaban J connectivity index is 2.42. The number of esters is 2. The van der Waals surface area contributed by atoms with Crippen molar-refractivity contribution in [1.29, 1.82) is 0 Å². The van der Waals surface area contributed by atoms with E-state index in [-0.39, 0.29) is 24.7 Å². The molecule has 0 radical (unpaired) electrons. The van der Waals surface area contributed by atoms with Gasteiger partial charge in [-0.15, -0.1) is 0 Å². The molecule has 2 atom stereocenters. The SMILES string of the molecule is CCOC(=O)[C@H](C)NP(=O)(N[C@@H](C)C(=O)OCC)c1ccc(-c2nc(N)[nH]c2CC(C)C)o1. The number of nitrogens with zero attached hydrogens (tertiary/aromatic N) is 1. The van der Waals surface area contributed by atoms with Crippen LogP contribution in [0.25, 0.3) is 11.5 Å². The highest BCUT2D eigenvalue weighted by Crippen LogP contribution is 2.39. The van der Waals surface area contributed by atoms with Crippen LogP contribution >= 0.6 is 7.44 Å². The van der Waals surface area contributed by atoms with Crippen molar-refractivity contribution in [3.8, 4) is 11.5 Å². The normalized spacial score (nSPS) is 13.7. The lowest BCUT2D eigenvalue weighted by molar-refractivity contribution is -0.145. The fraction of sp³-hybridized carbons (Fsp3) is 0.571. The van der Waals surface area contributed by atoms with Crippen molar-refractivity contribution in [3.63, 3.8) is 0 Å². The predicted octanol–water partition coefficient (Wildman–Crippen LogP) is 2.35. The summed E-state index contributed by atoms with van der Waals surface area (Å²) < 4.78 is 29.9. The average molecular weight is 484 g/mol. The molecule has 0 unspecified atom stereocenters. The Hall–Kier alpha value is -2.62. The zero-order valence-electron chi connectivity index (χ0n) is 19.9. The number of hydrogen-bond acceptors (Lipinski definition) is 8. The van der Waals surface area contributed by atoms with Gasteiger partial charge in [0, 0.05) is 5.69 Å². The van der Waals surface area contributed by atoms with E-state index in [1.165, 1.54) is 19.9 Å².